The lowest BCUT2D eigenvalue weighted by Crippen LogP contribution is -2.41. The van der Waals surface area contributed by atoms with E-state index in [2.05, 4.69) is 5.32 Å². The predicted octanol–water partition coefficient (Wildman–Crippen LogP) is 0.581. The van der Waals surface area contributed by atoms with Gasteiger partial charge >= 0.3 is 5.97 Å². The molecule has 23 heavy (non-hydrogen) atoms. The minimum absolute atomic E-state index is 0.0276. The number of rotatable bonds is 5. The van der Waals surface area contributed by atoms with Crippen LogP contribution in [0, 0.1) is 13.8 Å². The maximum atomic E-state index is 12.0. The number of carboxylic acids is 1. The normalized spacial score (nSPS) is 18.5. The zero-order valence-electron chi connectivity index (χ0n) is 13.1. The molecule has 1 unspecified atom stereocenters. The van der Waals surface area contributed by atoms with Crippen LogP contribution in [0.1, 0.15) is 29.2 Å². The van der Waals surface area contributed by atoms with Gasteiger partial charge in [-0.2, -0.15) is 4.31 Å². The fraction of sp³-hybridized carbons (Fsp3) is 0.467. The molecule has 1 aromatic carbocycles. The molecule has 8 heteroatoms. The molecule has 0 bridgehead atoms. The molecule has 1 aliphatic heterocycles. The van der Waals surface area contributed by atoms with Crippen molar-refractivity contribution in [3.8, 4) is 0 Å². The quantitative estimate of drug-likeness (QED) is 0.816. The van der Waals surface area contributed by atoms with E-state index in [1.54, 1.807) is 18.2 Å². The zero-order chi connectivity index (χ0) is 17.2. The summed E-state index contributed by atoms with van der Waals surface area (Å²) in [7, 11) is -3.39. The summed E-state index contributed by atoms with van der Waals surface area (Å²) in [5, 5.41) is 11.8. The molecule has 0 aliphatic carbocycles. The Kier molecular flexibility index (Phi) is 5.06. The standard InChI is InChI=1S/C15H20N2O5S/c1-10-4-5-12(8-11(10)2)14(15(19)20)16-13(18)9-17-6-3-7-23(17,21)22/h4-5,8,14H,3,6-7,9H2,1-2H3,(H,16,18)(H,19,20). The summed E-state index contributed by atoms with van der Waals surface area (Å²) < 4.78 is 24.5. The van der Waals surface area contributed by atoms with Crippen LogP contribution in [0.15, 0.2) is 18.2 Å². The van der Waals surface area contributed by atoms with Crippen LogP contribution in [0.4, 0.5) is 0 Å². The highest BCUT2D eigenvalue weighted by atomic mass is 32.2. The number of amides is 1. The van der Waals surface area contributed by atoms with E-state index in [0.29, 0.717) is 12.0 Å². The number of hydrogen-bond donors (Lipinski definition) is 2. The van der Waals surface area contributed by atoms with Crippen LogP contribution >= 0.6 is 0 Å². The van der Waals surface area contributed by atoms with Gasteiger partial charge in [-0.3, -0.25) is 4.79 Å². The van der Waals surface area contributed by atoms with Gasteiger partial charge in [0.25, 0.3) is 0 Å². The Morgan fingerprint density at radius 3 is 2.52 bits per heavy atom. The molecular formula is C15H20N2O5S. The third-order valence-corrected chi connectivity index (χ3v) is 5.84. The SMILES string of the molecule is Cc1ccc(C(NC(=O)CN2CCCS2(=O)=O)C(=O)O)cc1C. The minimum atomic E-state index is -3.39. The van der Waals surface area contributed by atoms with Crippen molar-refractivity contribution in [1.82, 2.24) is 9.62 Å². The van der Waals surface area contributed by atoms with Crippen molar-refractivity contribution >= 4 is 21.9 Å². The Balaban J connectivity index is 2.11. The third kappa shape index (κ3) is 4.08. The van der Waals surface area contributed by atoms with E-state index >= 15 is 0 Å². The predicted molar refractivity (Wildman–Crippen MR) is 84.4 cm³/mol. The Bertz CT molecular complexity index is 729. The van der Waals surface area contributed by atoms with Crippen molar-refractivity contribution in [1.29, 1.82) is 0 Å². The molecule has 0 saturated carbocycles. The number of benzene rings is 1. The van der Waals surface area contributed by atoms with E-state index in [4.69, 9.17) is 0 Å². The van der Waals surface area contributed by atoms with E-state index in [1.165, 1.54) is 0 Å². The number of hydrogen-bond acceptors (Lipinski definition) is 4. The Labute approximate surface area is 135 Å². The molecular weight excluding hydrogens is 320 g/mol. The summed E-state index contributed by atoms with van der Waals surface area (Å²) in [6, 6.07) is 3.94. The van der Waals surface area contributed by atoms with Gasteiger partial charge in [0.2, 0.25) is 15.9 Å². The fourth-order valence-corrected chi connectivity index (χ4v) is 3.94. The van der Waals surface area contributed by atoms with Gasteiger partial charge in [0.15, 0.2) is 6.04 Å². The van der Waals surface area contributed by atoms with Gasteiger partial charge in [0.1, 0.15) is 0 Å². The molecule has 0 spiro atoms. The Hall–Kier alpha value is -1.93. The van der Waals surface area contributed by atoms with Crippen molar-refractivity contribution in [2.45, 2.75) is 26.3 Å². The van der Waals surface area contributed by atoms with Crippen LogP contribution in [0.3, 0.4) is 0 Å². The van der Waals surface area contributed by atoms with E-state index in [0.717, 1.165) is 15.4 Å². The Morgan fingerprint density at radius 1 is 1.30 bits per heavy atom. The number of carbonyl (C=O) groups excluding carboxylic acids is 1. The number of nitrogens with zero attached hydrogens (tertiary/aromatic N) is 1. The maximum Gasteiger partial charge on any atom is 0.330 e. The van der Waals surface area contributed by atoms with Crippen molar-refractivity contribution in [2.75, 3.05) is 18.8 Å². The van der Waals surface area contributed by atoms with Crippen LogP contribution in [0.25, 0.3) is 0 Å². The first-order valence-corrected chi connectivity index (χ1v) is 8.89. The number of aliphatic carboxylic acids is 1. The second kappa shape index (κ2) is 6.67. The molecule has 1 saturated heterocycles. The summed E-state index contributed by atoms with van der Waals surface area (Å²) in [4.78, 5) is 23.5. The average molecular weight is 340 g/mol. The fourth-order valence-electron chi connectivity index (χ4n) is 2.47. The molecule has 1 aliphatic rings. The van der Waals surface area contributed by atoms with E-state index in [9.17, 15) is 23.1 Å². The highest BCUT2D eigenvalue weighted by Crippen LogP contribution is 2.18. The van der Waals surface area contributed by atoms with Gasteiger partial charge in [-0.25, -0.2) is 13.2 Å². The van der Waals surface area contributed by atoms with E-state index < -0.39 is 27.9 Å². The number of aryl methyl sites for hydroxylation is 2. The average Bonchev–Trinajstić information content (AvgIpc) is 2.78. The van der Waals surface area contributed by atoms with Crippen molar-refractivity contribution in [3.63, 3.8) is 0 Å². The van der Waals surface area contributed by atoms with Gasteiger partial charge in [0.05, 0.1) is 12.3 Å². The molecule has 0 radical (unpaired) electrons. The van der Waals surface area contributed by atoms with Crippen molar-refractivity contribution in [3.05, 3.63) is 34.9 Å². The smallest absolute Gasteiger partial charge is 0.330 e. The highest BCUT2D eigenvalue weighted by molar-refractivity contribution is 7.89. The van der Waals surface area contributed by atoms with Gasteiger partial charge in [0, 0.05) is 6.54 Å². The molecule has 1 aromatic rings. The van der Waals surface area contributed by atoms with Crippen molar-refractivity contribution < 1.29 is 23.1 Å². The molecule has 0 aromatic heterocycles. The molecule has 7 nitrogen and oxygen atoms in total. The summed E-state index contributed by atoms with van der Waals surface area (Å²) >= 11 is 0. The topological polar surface area (TPSA) is 104 Å². The second-order valence-electron chi connectivity index (χ2n) is 5.69. The van der Waals surface area contributed by atoms with Crippen LogP contribution < -0.4 is 5.32 Å². The van der Waals surface area contributed by atoms with Gasteiger partial charge < -0.3 is 10.4 Å². The van der Waals surface area contributed by atoms with Gasteiger partial charge in [-0.05, 0) is 37.0 Å². The lowest BCUT2D eigenvalue weighted by molar-refractivity contribution is -0.142. The first kappa shape index (κ1) is 17.4. The van der Waals surface area contributed by atoms with Gasteiger partial charge in [-0.1, -0.05) is 18.2 Å². The first-order chi connectivity index (χ1) is 10.7. The first-order valence-electron chi connectivity index (χ1n) is 7.28. The molecule has 2 rings (SSSR count). The van der Waals surface area contributed by atoms with E-state index in [-0.39, 0.29) is 18.8 Å². The maximum absolute atomic E-state index is 12.0. The number of sulfonamides is 1. The van der Waals surface area contributed by atoms with Crippen LogP contribution in [0.5, 0.6) is 0 Å². The summed E-state index contributed by atoms with van der Waals surface area (Å²) in [6.45, 7) is 3.70. The number of carbonyl (C=O) groups is 2. The zero-order valence-corrected chi connectivity index (χ0v) is 13.9. The molecule has 1 atom stereocenters. The molecule has 1 heterocycles. The van der Waals surface area contributed by atoms with Crippen LogP contribution in [-0.4, -0.2) is 48.5 Å². The van der Waals surface area contributed by atoms with Gasteiger partial charge in [-0.15, -0.1) is 0 Å². The number of carboxylic acid groups (broad SMARTS) is 1. The molecule has 126 valence electrons. The summed E-state index contributed by atoms with van der Waals surface area (Å²) in [6.07, 6.45) is 0.481. The van der Waals surface area contributed by atoms with Crippen LogP contribution in [-0.2, 0) is 19.6 Å². The molecule has 1 amide bonds. The van der Waals surface area contributed by atoms with Crippen molar-refractivity contribution in [2.24, 2.45) is 0 Å². The summed E-state index contributed by atoms with van der Waals surface area (Å²) in [5.41, 5.74) is 2.40. The molecule has 1 fully saturated rings. The Morgan fingerprint density at radius 2 is 2.00 bits per heavy atom. The minimum Gasteiger partial charge on any atom is -0.479 e. The lowest BCUT2D eigenvalue weighted by atomic mass is 10.0. The third-order valence-electron chi connectivity index (χ3n) is 3.94. The monoisotopic (exact) mass is 340 g/mol. The molecule has 2 N–H and O–H groups in total. The number of nitrogens with one attached hydrogen (secondary N) is 1. The lowest BCUT2D eigenvalue weighted by Gasteiger charge is -2.19. The van der Waals surface area contributed by atoms with E-state index in [1.807, 2.05) is 13.8 Å². The largest absolute Gasteiger partial charge is 0.479 e. The van der Waals surface area contributed by atoms with Crippen LogP contribution in [0.2, 0.25) is 0 Å². The summed E-state index contributed by atoms with van der Waals surface area (Å²) in [5.74, 6) is -1.79. The highest BCUT2D eigenvalue weighted by Gasteiger charge is 2.31. The second-order valence-corrected chi connectivity index (χ2v) is 7.77.